The lowest BCUT2D eigenvalue weighted by molar-refractivity contribution is 0.263. The summed E-state index contributed by atoms with van der Waals surface area (Å²) >= 11 is 3.73. The van der Waals surface area contributed by atoms with E-state index in [1.807, 2.05) is 7.05 Å². The number of hydrogen-bond acceptors (Lipinski definition) is 2. The van der Waals surface area contributed by atoms with Crippen LogP contribution in [0.5, 0.6) is 0 Å². The molecular formula is C16H25BrN2. The summed E-state index contributed by atoms with van der Waals surface area (Å²) in [5.41, 5.74) is 3.07. The largest absolute Gasteiger partial charge is 0.370 e. The second-order valence-electron chi connectivity index (χ2n) is 6.61. The van der Waals surface area contributed by atoms with E-state index in [4.69, 9.17) is 0 Å². The SMILES string of the molecule is CNCc1ccc(N2CCC(C(C)(C)C)C2)c(Br)c1. The molecule has 19 heavy (non-hydrogen) atoms. The minimum absolute atomic E-state index is 0.410. The van der Waals surface area contributed by atoms with E-state index in [0.717, 1.165) is 12.5 Å². The van der Waals surface area contributed by atoms with Crippen LogP contribution < -0.4 is 10.2 Å². The topological polar surface area (TPSA) is 15.3 Å². The highest BCUT2D eigenvalue weighted by Gasteiger charge is 2.32. The van der Waals surface area contributed by atoms with Crippen molar-refractivity contribution in [1.82, 2.24) is 5.32 Å². The lowest BCUT2D eigenvalue weighted by atomic mass is 9.80. The van der Waals surface area contributed by atoms with E-state index in [-0.39, 0.29) is 0 Å². The lowest BCUT2D eigenvalue weighted by Crippen LogP contribution is -2.26. The van der Waals surface area contributed by atoms with Crippen molar-refractivity contribution >= 4 is 21.6 Å². The zero-order valence-corrected chi connectivity index (χ0v) is 14.0. The van der Waals surface area contributed by atoms with Crippen LogP contribution in [0.2, 0.25) is 0 Å². The fourth-order valence-corrected chi connectivity index (χ4v) is 3.48. The minimum atomic E-state index is 0.410. The van der Waals surface area contributed by atoms with Gasteiger partial charge in [-0.3, -0.25) is 0 Å². The quantitative estimate of drug-likeness (QED) is 0.902. The van der Waals surface area contributed by atoms with Gasteiger partial charge in [-0.2, -0.15) is 0 Å². The predicted molar refractivity (Wildman–Crippen MR) is 86.7 cm³/mol. The van der Waals surface area contributed by atoms with Crippen molar-refractivity contribution in [3.8, 4) is 0 Å². The maximum Gasteiger partial charge on any atom is 0.0510 e. The van der Waals surface area contributed by atoms with Crippen molar-refractivity contribution in [2.45, 2.75) is 33.7 Å². The number of halogens is 1. The van der Waals surface area contributed by atoms with Crippen LogP contribution >= 0.6 is 15.9 Å². The first-order valence-corrected chi connectivity index (χ1v) is 7.89. The van der Waals surface area contributed by atoms with Crippen molar-refractivity contribution in [3.63, 3.8) is 0 Å². The van der Waals surface area contributed by atoms with Crippen LogP contribution in [0.3, 0.4) is 0 Å². The molecule has 1 saturated heterocycles. The van der Waals surface area contributed by atoms with Gasteiger partial charge in [-0.1, -0.05) is 26.8 Å². The molecule has 2 rings (SSSR count). The van der Waals surface area contributed by atoms with Gasteiger partial charge in [0.1, 0.15) is 0 Å². The Bertz CT molecular complexity index is 437. The molecule has 0 bridgehead atoms. The second-order valence-corrected chi connectivity index (χ2v) is 7.47. The van der Waals surface area contributed by atoms with E-state index in [1.165, 1.54) is 35.2 Å². The zero-order valence-electron chi connectivity index (χ0n) is 12.5. The van der Waals surface area contributed by atoms with Gasteiger partial charge in [-0.15, -0.1) is 0 Å². The smallest absolute Gasteiger partial charge is 0.0510 e. The Morgan fingerprint density at radius 3 is 2.63 bits per heavy atom. The molecule has 1 N–H and O–H groups in total. The van der Waals surface area contributed by atoms with Gasteiger partial charge in [0, 0.05) is 24.1 Å². The summed E-state index contributed by atoms with van der Waals surface area (Å²) in [6.07, 6.45) is 1.30. The monoisotopic (exact) mass is 324 g/mol. The van der Waals surface area contributed by atoms with Gasteiger partial charge in [0.2, 0.25) is 0 Å². The molecule has 1 unspecified atom stereocenters. The van der Waals surface area contributed by atoms with Gasteiger partial charge in [0.15, 0.2) is 0 Å². The molecule has 0 aliphatic carbocycles. The summed E-state index contributed by atoms with van der Waals surface area (Å²) in [4.78, 5) is 2.52. The van der Waals surface area contributed by atoms with E-state index in [0.29, 0.717) is 5.41 Å². The zero-order chi connectivity index (χ0) is 14.0. The molecule has 0 radical (unpaired) electrons. The highest BCUT2D eigenvalue weighted by molar-refractivity contribution is 9.10. The highest BCUT2D eigenvalue weighted by Crippen LogP contribution is 2.38. The highest BCUT2D eigenvalue weighted by atomic mass is 79.9. The van der Waals surface area contributed by atoms with Crippen LogP contribution in [0.15, 0.2) is 22.7 Å². The normalized spacial score (nSPS) is 20.1. The minimum Gasteiger partial charge on any atom is -0.370 e. The van der Waals surface area contributed by atoms with Gasteiger partial charge in [0.25, 0.3) is 0 Å². The molecule has 1 aromatic rings. The Morgan fingerprint density at radius 2 is 2.11 bits per heavy atom. The number of anilines is 1. The van der Waals surface area contributed by atoms with Crippen molar-refractivity contribution < 1.29 is 0 Å². The number of nitrogens with one attached hydrogen (secondary N) is 1. The van der Waals surface area contributed by atoms with Gasteiger partial charge in [0.05, 0.1) is 5.69 Å². The molecule has 0 spiro atoms. The average Bonchev–Trinajstić information content (AvgIpc) is 2.78. The van der Waals surface area contributed by atoms with E-state index in [9.17, 15) is 0 Å². The molecule has 1 heterocycles. The number of benzene rings is 1. The van der Waals surface area contributed by atoms with E-state index in [1.54, 1.807) is 0 Å². The maximum absolute atomic E-state index is 3.73. The van der Waals surface area contributed by atoms with Gasteiger partial charge in [-0.25, -0.2) is 0 Å². The summed E-state index contributed by atoms with van der Waals surface area (Å²) in [5, 5.41) is 3.19. The van der Waals surface area contributed by atoms with Crippen molar-refractivity contribution in [2.24, 2.45) is 11.3 Å². The molecular weight excluding hydrogens is 300 g/mol. The number of hydrogen-bond donors (Lipinski definition) is 1. The predicted octanol–water partition coefficient (Wildman–Crippen LogP) is 4.04. The maximum atomic E-state index is 3.73. The van der Waals surface area contributed by atoms with Crippen LogP contribution in [0.1, 0.15) is 32.8 Å². The molecule has 0 amide bonds. The first kappa shape index (κ1) is 14.9. The summed E-state index contributed by atoms with van der Waals surface area (Å²) in [6.45, 7) is 10.3. The molecule has 0 saturated carbocycles. The van der Waals surface area contributed by atoms with Gasteiger partial charge < -0.3 is 10.2 Å². The Balaban J connectivity index is 2.11. The summed E-state index contributed by atoms with van der Waals surface area (Å²) in [5.74, 6) is 0.788. The first-order chi connectivity index (χ1) is 8.91. The van der Waals surface area contributed by atoms with Crippen LogP contribution in [-0.2, 0) is 6.54 Å². The van der Waals surface area contributed by atoms with Crippen molar-refractivity contribution in [2.75, 3.05) is 25.0 Å². The molecule has 1 aromatic carbocycles. The Morgan fingerprint density at radius 1 is 1.37 bits per heavy atom. The lowest BCUT2D eigenvalue weighted by Gasteiger charge is -2.28. The molecule has 1 fully saturated rings. The molecule has 1 aliphatic heterocycles. The van der Waals surface area contributed by atoms with Gasteiger partial charge >= 0.3 is 0 Å². The molecule has 3 heteroatoms. The Labute approximate surface area is 125 Å². The number of nitrogens with zero attached hydrogens (tertiary/aromatic N) is 1. The van der Waals surface area contributed by atoms with E-state index >= 15 is 0 Å². The standard InChI is InChI=1S/C16H25BrN2/c1-16(2,3)13-7-8-19(11-13)15-6-5-12(10-18-4)9-14(15)17/h5-6,9,13,18H,7-8,10-11H2,1-4H3. The Kier molecular flexibility index (Phi) is 4.57. The summed E-state index contributed by atoms with van der Waals surface area (Å²) < 4.78 is 1.22. The average molecular weight is 325 g/mol. The molecule has 1 atom stereocenters. The molecule has 2 nitrogen and oxygen atoms in total. The Hall–Kier alpha value is -0.540. The van der Waals surface area contributed by atoms with Crippen molar-refractivity contribution in [1.29, 1.82) is 0 Å². The third kappa shape index (κ3) is 3.51. The molecule has 106 valence electrons. The fraction of sp³-hybridized carbons (Fsp3) is 0.625. The van der Waals surface area contributed by atoms with E-state index in [2.05, 4.69) is 65.1 Å². The number of rotatable bonds is 3. The summed E-state index contributed by atoms with van der Waals surface area (Å²) in [6, 6.07) is 6.71. The fourth-order valence-electron chi connectivity index (χ4n) is 2.81. The molecule has 1 aliphatic rings. The second kappa shape index (κ2) is 5.84. The van der Waals surface area contributed by atoms with Crippen LogP contribution in [0.4, 0.5) is 5.69 Å². The third-order valence-electron chi connectivity index (χ3n) is 4.15. The first-order valence-electron chi connectivity index (χ1n) is 7.10. The third-order valence-corrected chi connectivity index (χ3v) is 4.78. The van der Waals surface area contributed by atoms with Crippen LogP contribution in [0, 0.1) is 11.3 Å². The van der Waals surface area contributed by atoms with Gasteiger partial charge in [-0.05, 0) is 58.4 Å². The van der Waals surface area contributed by atoms with E-state index < -0.39 is 0 Å². The summed E-state index contributed by atoms with van der Waals surface area (Å²) in [7, 11) is 1.98. The molecule has 0 aromatic heterocycles. The van der Waals surface area contributed by atoms with Crippen LogP contribution in [0.25, 0.3) is 0 Å². The van der Waals surface area contributed by atoms with Crippen LogP contribution in [-0.4, -0.2) is 20.1 Å². The van der Waals surface area contributed by atoms with Crippen molar-refractivity contribution in [3.05, 3.63) is 28.2 Å².